The summed E-state index contributed by atoms with van der Waals surface area (Å²) in [6.45, 7) is 2.97. The molecule has 0 aliphatic heterocycles. The molecule has 0 atom stereocenters. The second-order valence-corrected chi connectivity index (χ2v) is 4.74. The van der Waals surface area contributed by atoms with Crippen molar-refractivity contribution in [1.29, 1.82) is 0 Å². The molecule has 1 aromatic carbocycles. The Balaban J connectivity index is 2.27. The molecule has 0 unspecified atom stereocenters. The molecule has 0 spiro atoms. The predicted molar refractivity (Wildman–Crippen MR) is 69.0 cm³/mol. The number of likely N-dealkylation sites (N-methyl/N-ethyl adjacent to an activating group) is 1. The smallest absolute Gasteiger partial charge is 0.0175 e. The molecule has 1 aromatic rings. The molecule has 0 fully saturated rings. The van der Waals surface area contributed by atoms with E-state index in [1.165, 1.54) is 5.56 Å². The lowest BCUT2D eigenvalue weighted by Crippen LogP contribution is -2.24. The van der Waals surface area contributed by atoms with Gasteiger partial charge in [-0.3, -0.25) is 0 Å². The minimum Gasteiger partial charge on any atom is -0.330 e. The summed E-state index contributed by atoms with van der Waals surface area (Å²) in [5.74, 6) is 0. The zero-order valence-corrected chi connectivity index (χ0v) is 10.8. The molecule has 0 bridgehead atoms. The highest BCUT2D eigenvalue weighted by molar-refractivity contribution is 9.10. The van der Waals surface area contributed by atoms with Crippen LogP contribution in [0.4, 0.5) is 0 Å². The van der Waals surface area contributed by atoms with Crippen LogP contribution in [0.5, 0.6) is 0 Å². The number of hydrogen-bond donors (Lipinski definition) is 1. The summed E-state index contributed by atoms with van der Waals surface area (Å²) in [6, 6.07) is 8.52. The number of benzene rings is 1. The molecule has 3 heteroatoms. The van der Waals surface area contributed by atoms with Gasteiger partial charge >= 0.3 is 0 Å². The molecule has 2 nitrogen and oxygen atoms in total. The zero-order valence-electron chi connectivity index (χ0n) is 9.25. The second kappa shape index (κ2) is 6.99. The third kappa shape index (κ3) is 5.30. The maximum absolute atomic E-state index is 5.47. The Labute approximate surface area is 101 Å². The predicted octanol–water partition coefficient (Wildman–Crippen LogP) is 2.27. The molecule has 1 rings (SSSR count). The largest absolute Gasteiger partial charge is 0.330 e. The molecular weight excluding hydrogens is 252 g/mol. The first-order valence-corrected chi connectivity index (χ1v) is 6.14. The topological polar surface area (TPSA) is 29.3 Å². The number of hydrogen-bond acceptors (Lipinski definition) is 2. The van der Waals surface area contributed by atoms with Crippen molar-refractivity contribution in [1.82, 2.24) is 4.90 Å². The number of halogens is 1. The normalized spacial score (nSPS) is 10.9. The SMILES string of the molecule is CN(CCCN)CCc1ccc(Br)cc1. The van der Waals surface area contributed by atoms with Crippen molar-refractivity contribution in [3.8, 4) is 0 Å². The lowest BCUT2D eigenvalue weighted by molar-refractivity contribution is 0.335. The Morgan fingerprint density at radius 1 is 1.20 bits per heavy atom. The average molecular weight is 271 g/mol. The fourth-order valence-corrected chi connectivity index (χ4v) is 1.71. The van der Waals surface area contributed by atoms with Gasteiger partial charge in [0.05, 0.1) is 0 Å². The first-order chi connectivity index (χ1) is 7.22. The molecular formula is C12H19BrN2. The van der Waals surface area contributed by atoms with Gasteiger partial charge in [0.15, 0.2) is 0 Å². The minimum atomic E-state index is 0.780. The third-order valence-corrected chi connectivity index (χ3v) is 2.97. The maximum Gasteiger partial charge on any atom is 0.0175 e. The quantitative estimate of drug-likeness (QED) is 0.860. The highest BCUT2D eigenvalue weighted by Gasteiger charge is 1.98. The van der Waals surface area contributed by atoms with Crippen molar-refractivity contribution in [2.45, 2.75) is 12.8 Å². The van der Waals surface area contributed by atoms with Gasteiger partial charge in [-0.1, -0.05) is 28.1 Å². The summed E-state index contributed by atoms with van der Waals surface area (Å²) in [5, 5.41) is 0. The average Bonchev–Trinajstić information content (AvgIpc) is 2.25. The molecule has 0 aliphatic rings. The Morgan fingerprint density at radius 2 is 1.87 bits per heavy atom. The Bertz CT molecular complexity index is 271. The van der Waals surface area contributed by atoms with Crippen LogP contribution in [0.2, 0.25) is 0 Å². The molecule has 0 saturated carbocycles. The van der Waals surface area contributed by atoms with Crippen LogP contribution >= 0.6 is 15.9 Å². The van der Waals surface area contributed by atoms with Crippen molar-refractivity contribution in [2.75, 3.05) is 26.7 Å². The molecule has 15 heavy (non-hydrogen) atoms. The van der Waals surface area contributed by atoms with E-state index < -0.39 is 0 Å². The van der Waals surface area contributed by atoms with Gasteiger partial charge in [-0.15, -0.1) is 0 Å². The molecule has 0 radical (unpaired) electrons. The van der Waals surface area contributed by atoms with E-state index in [4.69, 9.17) is 5.73 Å². The summed E-state index contributed by atoms with van der Waals surface area (Å²) < 4.78 is 1.14. The number of nitrogens with two attached hydrogens (primary N) is 1. The molecule has 84 valence electrons. The highest BCUT2D eigenvalue weighted by Crippen LogP contribution is 2.10. The molecule has 2 N–H and O–H groups in total. The highest BCUT2D eigenvalue weighted by atomic mass is 79.9. The van der Waals surface area contributed by atoms with Gasteiger partial charge in [0, 0.05) is 11.0 Å². The van der Waals surface area contributed by atoms with Gasteiger partial charge in [-0.2, -0.15) is 0 Å². The van der Waals surface area contributed by atoms with Crippen LogP contribution in [-0.4, -0.2) is 31.6 Å². The first-order valence-electron chi connectivity index (χ1n) is 5.35. The monoisotopic (exact) mass is 270 g/mol. The van der Waals surface area contributed by atoms with Crippen LogP contribution in [-0.2, 0) is 6.42 Å². The van der Waals surface area contributed by atoms with Crippen LogP contribution in [0, 0.1) is 0 Å². The van der Waals surface area contributed by atoms with E-state index in [-0.39, 0.29) is 0 Å². The number of rotatable bonds is 6. The van der Waals surface area contributed by atoms with Gasteiger partial charge in [0.25, 0.3) is 0 Å². The summed E-state index contributed by atoms with van der Waals surface area (Å²) >= 11 is 3.44. The Hall–Kier alpha value is -0.380. The van der Waals surface area contributed by atoms with E-state index >= 15 is 0 Å². The van der Waals surface area contributed by atoms with Crippen molar-refractivity contribution < 1.29 is 0 Å². The first kappa shape index (κ1) is 12.7. The fraction of sp³-hybridized carbons (Fsp3) is 0.500. The van der Waals surface area contributed by atoms with Gasteiger partial charge in [0.1, 0.15) is 0 Å². The van der Waals surface area contributed by atoms with Crippen LogP contribution in [0.1, 0.15) is 12.0 Å². The van der Waals surface area contributed by atoms with Gasteiger partial charge in [-0.05, 0) is 50.7 Å². The second-order valence-electron chi connectivity index (χ2n) is 3.82. The van der Waals surface area contributed by atoms with Crippen LogP contribution in [0.25, 0.3) is 0 Å². The van der Waals surface area contributed by atoms with Crippen molar-refractivity contribution in [2.24, 2.45) is 5.73 Å². The fourth-order valence-electron chi connectivity index (χ4n) is 1.44. The molecule has 0 heterocycles. The lowest BCUT2D eigenvalue weighted by Gasteiger charge is -2.15. The van der Waals surface area contributed by atoms with E-state index in [1.807, 2.05) is 0 Å². The molecule has 0 aromatic heterocycles. The van der Waals surface area contributed by atoms with E-state index in [2.05, 4.69) is 52.1 Å². The molecule has 0 aliphatic carbocycles. The van der Waals surface area contributed by atoms with Crippen molar-refractivity contribution in [3.63, 3.8) is 0 Å². The van der Waals surface area contributed by atoms with Gasteiger partial charge in [-0.25, -0.2) is 0 Å². The zero-order chi connectivity index (χ0) is 11.1. The van der Waals surface area contributed by atoms with E-state index in [9.17, 15) is 0 Å². The number of nitrogens with zero attached hydrogens (tertiary/aromatic N) is 1. The van der Waals surface area contributed by atoms with Crippen LogP contribution in [0.15, 0.2) is 28.7 Å². The van der Waals surface area contributed by atoms with E-state index in [0.717, 1.165) is 36.9 Å². The summed E-state index contributed by atoms with van der Waals surface area (Å²) in [5.41, 5.74) is 6.86. The minimum absolute atomic E-state index is 0.780. The standard InChI is InChI=1S/C12H19BrN2/c1-15(9-2-8-14)10-7-11-3-5-12(13)6-4-11/h3-6H,2,7-10,14H2,1H3. The molecule has 0 saturated heterocycles. The van der Waals surface area contributed by atoms with E-state index in [0.29, 0.717) is 0 Å². The summed E-state index contributed by atoms with van der Waals surface area (Å²) in [7, 11) is 2.15. The summed E-state index contributed by atoms with van der Waals surface area (Å²) in [6.07, 6.45) is 2.19. The summed E-state index contributed by atoms with van der Waals surface area (Å²) in [4.78, 5) is 2.33. The van der Waals surface area contributed by atoms with Crippen molar-refractivity contribution in [3.05, 3.63) is 34.3 Å². The van der Waals surface area contributed by atoms with Crippen LogP contribution in [0.3, 0.4) is 0 Å². The third-order valence-electron chi connectivity index (χ3n) is 2.44. The Morgan fingerprint density at radius 3 is 2.47 bits per heavy atom. The van der Waals surface area contributed by atoms with Crippen molar-refractivity contribution >= 4 is 15.9 Å². The van der Waals surface area contributed by atoms with Gasteiger partial charge in [0.2, 0.25) is 0 Å². The van der Waals surface area contributed by atoms with Gasteiger partial charge < -0.3 is 10.6 Å². The Kier molecular flexibility index (Phi) is 5.91. The maximum atomic E-state index is 5.47. The van der Waals surface area contributed by atoms with E-state index in [1.54, 1.807) is 0 Å². The lowest BCUT2D eigenvalue weighted by atomic mass is 10.1. The molecule has 0 amide bonds. The van der Waals surface area contributed by atoms with Crippen LogP contribution < -0.4 is 5.73 Å².